The summed E-state index contributed by atoms with van der Waals surface area (Å²) in [6.07, 6.45) is 1.19. The average Bonchev–Trinajstić information content (AvgIpc) is 3.54. The number of hydroxylamine groups is 2. The molecule has 1 aliphatic heterocycles. The molecule has 4 N–H and O–H groups in total. The van der Waals surface area contributed by atoms with Gasteiger partial charge in [-0.2, -0.15) is 5.06 Å². The third-order valence-corrected chi connectivity index (χ3v) is 12.8. The topological polar surface area (TPSA) is 127 Å². The molecule has 304 valence electrons. The smallest absolute Gasteiger partial charge is 0.251 e. The van der Waals surface area contributed by atoms with E-state index in [1.165, 1.54) is 6.42 Å². The fourth-order valence-corrected chi connectivity index (χ4v) is 9.31. The van der Waals surface area contributed by atoms with E-state index < -0.39 is 24.2 Å². The quantitative estimate of drug-likeness (QED) is 0.160. The van der Waals surface area contributed by atoms with Crippen molar-refractivity contribution in [3.63, 3.8) is 0 Å². The molecule has 2 bridgehead atoms. The van der Waals surface area contributed by atoms with Crippen LogP contribution in [0.1, 0.15) is 62.0 Å². The summed E-state index contributed by atoms with van der Waals surface area (Å²) in [4.78, 5) is 38.4. The molecule has 1 heterocycles. The molecule has 2 amide bonds. The van der Waals surface area contributed by atoms with Crippen molar-refractivity contribution in [2.24, 2.45) is 29.1 Å². The maximum absolute atomic E-state index is 14.4. The molecular formula is C45H63N5O6. The molecule has 0 unspecified atom stereocenters. The number of aliphatic hydroxyl groups excluding tert-OH is 2. The van der Waals surface area contributed by atoms with Gasteiger partial charge in [0, 0.05) is 61.5 Å². The van der Waals surface area contributed by atoms with Crippen molar-refractivity contribution in [2.45, 2.75) is 77.8 Å². The van der Waals surface area contributed by atoms with Crippen LogP contribution in [0.5, 0.6) is 5.75 Å². The molecule has 3 aliphatic carbocycles. The molecule has 0 radical (unpaired) electrons. The number of rotatable bonds is 16. The van der Waals surface area contributed by atoms with Crippen LogP contribution in [0.3, 0.4) is 0 Å². The summed E-state index contributed by atoms with van der Waals surface area (Å²) in [5.74, 6) is 1.06. The number of carbonyl (C=O) groups is 2. The average molecular weight is 770 g/mol. The second-order valence-corrected chi connectivity index (χ2v) is 17.3. The number of para-hydroxylation sites is 1. The first-order valence-corrected chi connectivity index (χ1v) is 20.3. The number of carbonyl (C=O) groups excluding carboxylic acids is 2. The van der Waals surface area contributed by atoms with Crippen LogP contribution in [0.25, 0.3) is 11.1 Å². The Balaban J connectivity index is 1.31. The van der Waals surface area contributed by atoms with E-state index >= 15 is 0 Å². The third-order valence-electron chi connectivity index (χ3n) is 12.8. The maximum Gasteiger partial charge on any atom is 0.251 e. The van der Waals surface area contributed by atoms with Crippen molar-refractivity contribution < 1.29 is 29.4 Å². The SMILES string of the molecule is C[C@@H]1[C@@H](NC(=O)[C@@H]2[C@H]([C@H](C)O)[C@H](CO)ON2Cc2cccc(-c3cc(C(=O)NCCc4ccccc4)cc(N(C)C)c3)c2OCCN(C)C)C[C@H]2C[C@@H]1C2(C)C. The van der Waals surface area contributed by atoms with Gasteiger partial charge in [0.1, 0.15) is 24.5 Å². The number of aliphatic hydroxyl groups is 2. The standard InChI is InChI=1S/C45H63N5O6/c1-28-37-24-34(45(37,3)4)25-38(28)47-44(54)41-40(29(2)52)39(27-51)56-50(41)26-31-15-12-16-36(42(31)55-20-19-48(5)6)32-21-33(23-35(22-32)49(7)8)43(53)46-18-17-30-13-10-9-11-14-30/h9-16,21-23,28-29,34,37-41,51-52H,17-20,24-27H2,1-8H3,(H,46,53)(H,47,54)/t28-,29-,34+,37-,38-,39-,40+,41-/m0/s1. The lowest BCUT2D eigenvalue weighted by Gasteiger charge is -2.62. The molecule has 3 saturated carbocycles. The van der Waals surface area contributed by atoms with Crippen molar-refractivity contribution in [1.82, 2.24) is 20.6 Å². The number of benzene rings is 3. The van der Waals surface area contributed by atoms with Gasteiger partial charge >= 0.3 is 0 Å². The normalized spacial score (nSPS) is 26.0. The van der Waals surface area contributed by atoms with Crippen LogP contribution in [0.4, 0.5) is 5.69 Å². The highest BCUT2D eigenvalue weighted by molar-refractivity contribution is 5.97. The predicted molar refractivity (Wildman–Crippen MR) is 220 cm³/mol. The first kappa shape index (κ1) is 41.6. The van der Waals surface area contributed by atoms with E-state index in [1.54, 1.807) is 12.0 Å². The van der Waals surface area contributed by atoms with Gasteiger partial charge in [-0.3, -0.25) is 14.4 Å². The van der Waals surface area contributed by atoms with E-state index in [9.17, 15) is 19.8 Å². The molecule has 1 saturated heterocycles. The summed E-state index contributed by atoms with van der Waals surface area (Å²) in [6, 6.07) is 21.0. The van der Waals surface area contributed by atoms with Gasteiger partial charge in [-0.1, -0.05) is 69.3 Å². The second kappa shape index (κ2) is 17.6. The lowest BCUT2D eigenvalue weighted by molar-refractivity contribution is -0.183. The number of likely N-dealkylation sites (N-methyl/N-ethyl adjacent to an activating group) is 1. The van der Waals surface area contributed by atoms with Crippen LogP contribution in [-0.4, -0.2) is 111 Å². The Kier molecular flexibility index (Phi) is 13.1. The number of anilines is 1. The molecule has 4 fully saturated rings. The lowest BCUT2D eigenvalue weighted by Crippen LogP contribution is -2.62. The number of nitrogens with zero attached hydrogens (tertiary/aromatic N) is 3. The predicted octanol–water partition coefficient (Wildman–Crippen LogP) is 4.99. The molecule has 8 atom stereocenters. The summed E-state index contributed by atoms with van der Waals surface area (Å²) >= 11 is 0. The van der Waals surface area contributed by atoms with E-state index in [1.807, 2.05) is 92.6 Å². The Morgan fingerprint density at radius 2 is 1.79 bits per heavy atom. The van der Waals surface area contributed by atoms with Crippen LogP contribution >= 0.6 is 0 Å². The molecule has 0 aromatic heterocycles. The Bertz CT molecular complexity index is 1820. The van der Waals surface area contributed by atoms with Gasteiger partial charge in [-0.15, -0.1) is 0 Å². The molecule has 56 heavy (non-hydrogen) atoms. The number of nitrogens with one attached hydrogen (secondary N) is 2. The van der Waals surface area contributed by atoms with Crippen molar-refractivity contribution in [2.75, 3.05) is 59.4 Å². The van der Waals surface area contributed by atoms with E-state index in [-0.39, 0.29) is 36.4 Å². The van der Waals surface area contributed by atoms with Crippen molar-refractivity contribution in [3.8, 4) is 16.9 Å². The van der Waals surface area contributed by atoms with Crippen LogP contribution < -0.4 is 20.3 Å². The highest BCUT2D eigenvalue weighted by Crippen LogP contribution is 2.61. The zero-order chi connectivity index (χ0) is 40.3. The Morgan fingerprint density at radius 1 is 1.04 bits per heavy atom. The highest BCUT2D eigenvalue weighted by Gasteiger charge is 2.57. The summed E-state index contributed by atoms with van der Waals surface area (Å²) in [5, 5.41) is 29.6. The van der Waals surface area contributed by atoms with Crippen molar-refractivity contribution >= 4 is 17.5 Å². The number of fused-ring (bicyclic) bond motifs is 2. The van der Waals surface area contributed by atoms with Crippen molar-refractivity contribution in [1.29, 1.82) is 0 Å². The van der Waals surface area contributed by atoms with Crippen LogP contribution in [0.15, 0.2) is 66.7 Å². The number of hydrogen-bond acceptors (Lipinski definition) is 9. The Labute approximate surface area is 333 Å². The molecule has 3 aromatic rings. The van der Waals surface area contributed by atoms with Gasteiger partial charge in [0.2, 0.25) is 5.91 Å². The third kappa shape index (κ3) is 8.92. The lowest BCUT2D eigenvalue weighted by atomic mass is 9.45. The minimum Gasteiger partial charge on any atom is -0.491 e. The minimum atomic E-state index is -0.905. The van der Waals surface area contributed by atoms with Gasteiger partial charge in [0.15, 0.2) is 0 Å². The second-order valence-electron chi connectivity index (χ2n) is 17.3. The van der Waals surface area contributed by atoms with E-state index in [0.717, 1.165) is 40.8 Å². The van der Waals surface area contributed by atoms with Crippen molar-refractivity contribution in [3.05, 3.63) is 83.4 Å². The first-order valence-electron chi connectivity index (χ1n) is 20.3. The number of amides is 2. The highest BCUT2D eigenvalue weighted by atomic mass is 16.7. The monoisotopic (exact) mass is 769 g/mol. The Hall–Kier alpha value is -4.00. The minimum absolute atomic E-state index is 0.0333. The molecule has 11 heteroatoms. The molecule has 11 nitrogen and oxygen atoms in total. The summed E-state index contributed by atoms with van der Waals surface area (Å²) in [5.41, 5.74) is 5.22. The van der Waals surface area contributed by atoms with E-state index in [0.29, 0.717) is 48.8 Å². The fraction of sp³-hybridized carbons (Fsp3) is 0.556. The number of hydrogen-bond donors (Lipinski definition) is 4. The largest absolute Gasteiger partial charge is 0.491 e. The fourth-order valence-electron chi connectivity index (χ4n) is 9.31. The Morgan fingerprint density at radius 3 is 2.43 bits per heavy atom. The summed E-state index contributed by atoms with van der Waals surface area (Å²) in [7, 11) is 7.88. The molecule has 0 spiro atoms. The van der Waals surface area contributed by atoms with Gasteiger partial charge in [-0.25, -0.2) is 0 Å². The number of ether oxygens (including phenoxy) is 1. The molecule has 3 aromatic carbocycles. The van der Waals surface area contributed by atoms with Crippen LogP contribution in [-0.2, 0) is 22.6 Å². The van der Waals surface area contributed by atoms with Crippen LogP contribution in [0.2, 0.25) is 0 Å². The first-order chi connectivity index (χ1) is 26.7. The van der Waals surface area contributed by atoms with Gasteiger partial charge in [-0.05, 0) is 92.8 Å². The summed E-state index contributed by atoms with van der Waals surface area (Å²) in [6.45, 7) is 9.98. The van der Waals surface area contributed by atoms with Crippen LogP contribution in [0, 0.1) is 29.1 Å². The zero-order valence-corrected chi connectivity index (χ0v) is 34.5. The maximum atomic E-state index is 14.4. The zero-order valence-electron chi connectivity index (χ0n) is 34.5. The van der Waals surface area contributed by atoms with E-state index in [2.05, 4.69) is 43.5 Å². The molecule has 7 rings (SSSR count). The van der Waals surface area contributed by atoms with Gasteiger partial charge < -0.3 is 35.4 Å². The van der Waals surface area contributed by atoms with Gasteiger partial charge in [0.05, 0.1) is 19.3 Å². The molecule has 4 aliphatic rings. The van der Waals surface area contributed by atoms with E-state index in [4.69, 9.17) is 9.57 Å². The van der Waals surface area contributed by atoms with Gasteiger partial charge in [0.25, 0.3) is 5.91 Å². The molecular weight excluding hydrogens is 707 g/mol. The summed E-state index contributed by atoms with van der Waals surface area (Å²) < 4.78 is 6.62.